The van der Waals surface area contributed by atoms with Crippen LogP contribution in [0.1, 0.15) is 88.2 Å². The summed E-state index contributed by atoms with van der Waals surface area (Å²) in [6.07, 6.45) is 14.3. The molecular weight excluding hydrogens is 1010 g/mol. The first kappa shape index (κ1) is 63.2. The van der Waals surface area contributed by atoms with E-state index in [1.807, 2.05) is 142 Å². The zero-order valence-corrected chi connectivity index (χ0v) is 48.3. The summed E-state index contributed by atoms with van der Waals surface area (Å²) < 4.78 is 0. The van der Waals surface area contributed by atoms with Crippen LogP contribution in [0, 0.1) is 0 Å². The van der Waals surface area contributed by atoms with Gasteiger partial charge in [-0.05, 0) is 132 Å². The Bertz CT molecular complexity index is 1500. The van der Waals surface area contributed by atoms with Crippen molar-refractivity contribution in [3.05, 3.63) is 48.0 Å². The van der Waals surface area contributed by atoms with Gasteiger partial charge in [-0.2, -0.15) is 94.1 Å². The number of nitrogens with zero attached hydrogens (tertiary/aromatic N) is 5. The number of amides is 4. The van der Waals surface area contributed by atoms with E-state index in [-0.39, 0.29) is 23.6 Å². The fourth-order valence-electron chi connectivity index (χ4n) is 6.55. The lowest BCUT2D eigenvalue weighted by molar-refractivity contribution is -0.131. The van der Waals surface area contributed by atoms with Gasteiger partial charge in [0.25, 0.3) is 0 Å². The van der Waals surface area contributed by atoms with Crippen LogP contribution < -0.4 is 0 Å². The Kier molecular flexibility index (Phi) is 41.6. The number of hydrogen-bond acceptors (Lipinski definition) is 14. The Morgan fingerprint density at radius 3 is 1.68 bits per heavy atom. The van der Waals surface area contributed by atoms with Crippen molar-refractivity contribution < 1.29 is 24.0 Å². The first-order valence-corrected chi connectivity index (χ1v) is 33.9. The van der Waals surface area contributed by atoms with Gasteiger partial charge in [-0.25, -0.2) is 0 Å². The molecule has 2 bridgehead atoms. The third-order valence-corrected chi connectivity index (χ3v) is 19.5. The van der Waals surface area contributed by atoms with Gasteiger partial charge < -0.3 is 24.4 Å². The van der Waals surface area contributed by atoms with E-state index in [0.717, 1.165) is 174 Å². The summed E-state index contributed by atoms with van der Waals surface area (Å²) in [7, 11) is 5.70. The van der Waals surface area contributed by atoms with Crippen LogP contribution in [-0.2, 0) is 30.6 Å². The van der Waals surface area contributed by atoms with Crippen molar-refractivity contribution in [1.29, 1.82) is 0 Å². The predicted octanol–water partition coefficient (Wildman–Crippen LogP) is 10.5. The van der Waals surface area contributed by atoms with Gasteiger partial charge >= 0.3 is 0 Å². The van der Waals surface area contributed by atoms with E-state index in [1.54, 1.807) is 17.2 Å². The number of carbonyl (C=O) groups excluding carboxylic acids is 4. The smallest absolute Gasteiger partial charge is 0.223 e. The molecule has 388 valence electrons. The van der Waals surface area contributed by atoms with Crippen LogP contribution in [0.2, 0.25) is 0 Å². The van der Waals surface area contributed by atoms with Gasteiger partial charge in [-0.1, -0.05) is 35.5 Å². The molecule has 0 spiro atoms. The third-order valence-electron chi connectivity index (χ3n) is 10.6. The quantitative estimate of drug-likeness (QED) is 0.138. The average molecular weight is 1090 g/mol. The lowest BCUT2D eigenvalue weighted by atomic mass is 10.1. The van der Waals surface area contributed by atoms with E-state index in [9.17, 15) is 19.2 Å². The molecule has 68 heavy (non-hydrogen) atoms. The number of thioether (sulfide) groups is 8. The second-order valence-corrected chi connectivity index (χ2v) is 26.3. The molecule has 18 heteroatoms. The summed E-state index contributed by atoms with van der Waals surface area (Å²) in [6, 6.07) is 8.28. The second-order valence-electron chi connectivity index (χ2n) is 16.5. The van der Waals surface area contributed by atoms with E-state index in [0.29, 0.717) is 45.4 Å². The zero-order valence-electron chi connectivity index (χ0n) is 41.8. The number of likely N-dealkylation sites (N-methyl/N-ethyl adjacent to an activating group) is 1. The van der Waals surface area contributed by atoms with Crippen LogP contribution in [0.5, 0.6) is 0 Å². The molecule has 0 aromatic heterocycles. The minimum absolute atomic E-state index is 0.172. The van der Waals surface area contributed by atoms with Crippen LogP contribution in [0.4, 0.5) is 0 Å². The highest BCUT2D eigenvalue weighted by atomic mass is 32.2. The van der Waals surface area contributed by atoms with E-state index < -0.39 is 0 Å². The average Bonchev–Trinajstić information content (AvgIpc) is 3.33. The molecule has 0 atom stereocenters. The highest BCUT2D eigenvalue weighted by molar-refractivity contribution is 8.01. The first-order valence-electron chi connectivity index (χ1n) is 24.7. The molecule has 0 fully saturated rings. The maximum Gasteiger partial charge on any atom is 0.223 e. The Morgan fingerprint density at radius 2 is 1.13 bits per heavy atom. The van der Waals surface area contributed by atoms with Crippen molar-refractivity contribution in [2.75, 3.05) is 146 Å². The van der Waals surface area contributed by atoms with Crippen LogP contribution >= 0.6 is 94.1 Å². The molecule has 0 N–H and O–H groups in total. The van der Waals surface area contributed by atoms with Crippen molar-refractivity contribution in [2.24, 2.45) is 5.16 Å². The van der Waals surface area contributed by atoms with Crippen LogP contribution in [0.15, 0.2) is 42.1 Å². The van der Waals surface area contributed by atoms with Gasteiger partial charge in [-0.3, -0.25) is 19.2 Å². The van der Waals surface area contributed by atoms with Gasteiger partial charge in [0.05, 0.1) is 6.21 Å². The maximum atomic E-state index is 13.6. The number of hydrogen-bond donors (Lipinski definition) is 0. The Hall–Kier alpha value is -0.890. The van der Waals surface area contributed by atoms with Gasteiger partial charge in [0, 0.05) is 103 Å². The summed E-state index contributed by atoms with van der Waals surface area (Å²) >= 11 is 15.3. The highest BCUT2D eigenvalue weighted by Crippen LogP contribution is 2.17. The van der Waals surface area contributed by atoms with E-state index >= 15 is 0 Å². The fraction of sp³-hybridized carbons (Fsp3) is 0.740. The first-order chi connectivity index (χ1) is 33.2. The van der Waals surface area contributed by atoms with Gasteiger partial charge in [-0.15, -0.1) is 6.58 Å². The number of rotatable bonds is 13. The minimum Gasteiger partial charge on any atom is -0.396 e. The van der Waals surface area contributed by atoms with E-state index in [1.165, 1.54) is 0 Å². The summed E-state index contributed by atoms with van der Waals surface area (Å²) in [5.41, 5.74) is 2.08. The topological polar surface area (TPSA) is 103 Å². The lowest BCUT2D eigenvalue weighted by Gasteiger charge is -2.23. The molecule has 2 heterocycles. The molecule has 0 unspecified atom stereocenters. The standard InChI is InChI=1S/C50H85N5O5S8/c1-5-22-52(2)47(56)18-39-65-36-12-33-63-29-8-25-55-44-46-16-14-45(15-17-46)43-51-60-26-9-30-64-34-13-37-67-41-20-49(58)54(4)23-6-27-61-31-10-35-66-40-19-48(57)53(3)24-7-28-62-32-11-38-68-42-21-50(55)59/h5,14-17,43H,1,6-13,18-42,44H2,2-4H3/b51-43-. The van der Waals surface area contributed by atoms with Gasteiger partial charge in [0.15, 0.2) is 0 Å². The Balaban J connectivity index is 1.81. The Morgan fingerprint density at radius 1 is 0.662 bits per heavy atom. The molecule has 2 aliphatic heterocycles. The van der Waals surface area contributed by atoms with Crippen molar-refractivity contribution in [3.63, 3.8) is 0 Å². The highest BCUT2D eigenvalue weighted by Gasteiger charge is 2.15. The molecule has 4 amide bonds. The molecule has 10 nitrogen and oxygen atoms in total. The monoisotopic (exact) mass is 1090 g/mol. The third kappa shape index (κ3) is 35.3. The van der Waals surface area contributed by atoms with Crippen molar-refractivity contribution >= 4 is 124 Å². The predicted molar refractivity (Wildman–Crippen MR) is 313 cm³/mol. The van der Waals surface area contributed by atoms with E-state index in [4.69, 9.17) is 4.84 Å². The number of benzene rings is 1. The van der Waals surface area contributed by atoms with Gasteiger partial charge in [0.2, 0.25) is 23.6 Å². The molecule has 0 aliphatic carbocycles. The summed E-state index contributed by atoms with van der Waals surface area (Å²) in [5, 5.41) is 4.21. The number of oxime groups is 1. The molecular formula is C50H85N5O5S8. The molecule has 0 radical (unpaired) electrons. The summed E-state index contributed by atoms with van der Waals surface area (Å²) in [5.74, 6) is 17.3. The molecule has 1 aromatic carbocycles. The van der Waals surface area contributed by atoms with Crippen LogP contribution in [-0.4, -0.2) is 195 Å². The normalized spacial score (nSPS) is 19.2. The second kappa shape index (κ2) is 44.8. The molecule has 1 aromatic rings. The SMILES string of the molecule is C=CCN(C)C(=O)CCSCCCSCCCN1Cc2ccc(cc2)/C=N\OCCCSCCCSCCC(=O)N(C)CCCSCCCSCCC(=O)N(C)CCCSCCCSCCC1=O. The fourth-order valence-corrected chi connectivity index (χ4v) is 14.3. The molecule has 0 saturated carbocycles. The van der Waals surface area contributed by atoms with Gasteiger partial charge in [0.1, 0.15) is 6.61 Å². The minimum atomic E-state index is 0.172. The Labute approximate surface area is 446 Å². The number of carbonyl (C=O) groups is 4. The molecule has 0 saturated heterocycles. The van der Waals surface area contributed by atoms with E-state index in [2.05, 4.69) is 23.9 Å². The summed E-state index contributed by atoms with van der Waals surface area (Å²) in [6.45, 7) is 7.87. The van der Waals surface area contributed by atoms with Crippen molar-refractivity contribution in [3.8, 4) is 0 Å². The lowest BCUT2D eigenvalue weighted by Crippen LogP contribution is -2.32. The largest absolute Gasteiger partial charge is 0.396 e. The van der Waals surface area contributed by atoms with Crippen molar-refractivity contribution in [1.82, 2.24) is 19.6 Å². The molecule has 2 aliphatic rings. The molecule has 3 rings (SSSR count). The maximum absolute atomic E-state index is 13.6. The van der Waals surface area contributed by atoms with Crippen LogP contribution in [0.3, 0.4) is 0 Å². The zero-order chi connectivity index (χ0) is 49.1. The summed E-state index contributed by atoms with van der Waals surface area (Å²) in [4.78, 5) is 64.1. The van der Waals surface area contributed by atoms with Crippen molar-refractivity contribution in [2.45, 2.75) is 83.6 Å². The number of fused-ring (bicyclic) bond motifs is 40. The van der Waals surface area contributed by atoms with Crippen LogP contribution in [0.25, 0.3) is 0 Å².